The summed E-state index contributed by atoms with van der Waals surface area (Å²) in [6.45, 7) is -0.263. The molecule has 0 aliphatic carbocycles. The molecule has 0 saturated heterocycles. The van der Waals surface area contributed by atoms with E-state index >= 15 is 0 Å². The van der Waals surface area contributed by atoms with E-state index in [4.69, 9.17) is 4.74 Å². The molecule has 8 nitrogen and oxygen atoms in total. The number of carbonyl (C=O) groups excluding carboxylic acids is 2. The van der Waals surface area contributed by atoms with Crippen molar-refractivity contribution in [2.75, 3.05) is 6.61 Å². The maximum absolute atomic E-state index is 12.2. The van der Waals surface area contributed by atoms with Crippen molar-refractivity contribution in [3.8, 4) is 22.6 Å². The Kier molecular flexibility index (Phi) is 5.99. The molecule has 154 valence electrons. The fourth-order valence-corrected chi connectivity index (χ4v) is 2.87. The molecule has 0 spiro atoms. The predicted octanol–water partition coefficient (Wildman–Crippen LogP) is 2.77. The van der Waals surface area contributed by atoms with Crippen molar-refractivity contribution in [2.24, 2.45) is 0 Å². The van der Waals surface area contributed by atoms with Gasteiger partial charge in [0.15, 0.2) is 12.3 Å². The molecule has 0 aliphatic heterocycles. The van der Waals surface area contributed by atoms with Crippen molar-refractivity contribution in [2.45, 2.75) is 0 Å². The maximum atomic E-state index is 12.2. The van der Waals surface area contributed by atoms with Gasteiger partial charge in [-0.25, -0.2) is 0 Å². The molecule has 0 saturated carbocycles. The van der Waals surface area contributed by atoms with Gasteiger partial charge < -0.3 is 4.74 Å². The third kappa shape index (κ3) is 4.94. The molecule has 4 aromatic rings. The van der Waals surface area contributed by atoms with Crippen LogP contribution in [0.5, 0.6) is 5.75 Å². The summed E-state index contributed by atoms with van der Waals surface area (Å²) in [5.74, 6) is -0.520. The van der Waals surface area contributed by atoms with Crippen LogP contribution in [0.15, 0.2) is 91.1 Å². The number of benzene rings is 3. The number of hydrogen-bond donors (Lipinski definition) is 2. The van der Waals surface area contributed by atoms with Crippen molar-refractivity contribution in [1.82, 2.24) is 25.8 Å². The molecule has 4 rings (SSSR count). The summed E-state index contributed by atoms with van der Waals surface area (Å²) in [5.41, 5.74) is 7.27. The van der Waals surface area contributed by atoms with Gasteiger partial charge in [0.1, 0.15) is 5.75 Å². The molecule has 31 heavy (non-hydrogen) atoms. The Labute approximate surface area is 178 Å². The van der Waals surface area contributed by atoms with Gasteiger partial charge in [-0.05, 0) is 23.8 Å². The van der Waals surface area contributed by atoms with Gasteiger partial charge in [-0.3, -0.25) is 20.4 Å². The topological polar surface area (TPSA) is 98.1 Å². The summed E-state index contributed by atoms with van der Waals surface area (Å²) >= 11 is 0. The van der Waals surface area contributed by atoms with Gasteiger partial charge in [-0.1, -0.05) is 66.7 Å². The standard InChI is InChI=1S/C23H19N5O3/c29-22(16-31-21-14-8-7-13-19(21)17-9-3-1-4-10-17)25-26-23(30)20-15-24-28(27-20)18-11-5-2-6-12-18/h1-15H,16H2,(H,25,29)(H,26,30). The van der Waals surface area contributed by atoms with E-state index in [0.717, 1.165) is 16.8 Å². The molecule has 0 fully saturated rings. The van der Waals surface area contributed by atoms with Crippen LogP contribution in [0.25, 0.3) is 16.8 Å². The van der Waals surface area contributed by atoms with Gasteiger partial charge in [0.25, 0.3) is 11.8 Å². The van der Waals surface area contributed by atoms with Crippen LogP contribution in [-0.4, -0.2) is 33.4 Å². The number of carbonyl (C=O) groups is 2. The summed E-state index contributed by atoms with van der Waals surface area (Å²) in [5, 5.41) is 8.16. The lowest BCUT2D eigenvalue weighted by molar-refractivity contribution is -0.123. The van der Waals surface area contributed by atoms with Crippen LogP contribution in [0.4, 0.5) is 0 Å². The molecule has 2 amide bonds. The molecule has 0 radical (unpaired) electrons. The van der Waals surface area contributed by atoms with E-state index in [-0.39, 0.29) is 12.3 Å². The predicted molar refractivity (Wildman–Crippen MR) is 114 cm³/mol. The van der Waals surface area contributed by atoms with Crippen LogP contribution in [0.3, 0.4) is 0 Å². The van der Waals surface area contributed by atoms with Crippen molar-refractivity contribution in [3.05, 3.63) is 96.8 Å². The molecular weight excluding hydrogens is 394 g/mol. The lowest BCUT2D eigenvalue weighted by atomic mass is 10.1. The number of hydrazine groups is 1. The Balaban J connectivity index is 1.32. The number of para-hydroxylation sites is 2. The Bertz CT molecular complexity index is 1180. The summed E-state index contributed by atoms with van der Waals surface area (Å²) in [7, 11) is 0. The zero-order valence-corrected chi connectivity index (χ0v) is 16.4. The van der Waals surface area contributed by atoms with Crippen molar-refractivity contribution in [1.29, 1.82) is 0 Å². The van der Waals surface area contributed by atoms with Crippen LogP contribution in [0.2, 0.25) is 0 Å². The van der Waals surface area contributed by atoms with E-state index in [1.165, 1.54) is 11.0 Å². The van der Waals surface area contributed by atoms with Gasteiger partial charge in [-0.2, -0.15) is 9.90 Å². The second kappa shape index (κ2) is 9.36. The van der Waals surface area contributed by atoms with E-state index in [1.54, 1.807) is 6.07 Å². The maximum Gasteiger partial charge on any atom is 0.291 e. The molecule has 1 aromatic heterocycles. The van der Waals surface area contributed by atoms with E-state index in [2.05, 4.69) is 21.0 Å². The molecule has 0 atom stereocenters. The Morgan fingerprint density at radius 1 is 0.839 bits per heavy atom. The van der Waals surface area contributed by atoms with E-state index in [1.807, 2.05) is 78.9 Å². The smallest absolute Gasteiger partial charge is 0.291 e. The largest absolute Gasteiger partial charge is 0.483 e. The number of nitrogens with one attached hydrogen (secondary N) is 2. The highest BCUT2D eigenvalue weighted by Gasteiger charge is 2.13. The first-order valence-corrected chi connectivity index (χ1v) is 9.55. The van der Waals surface area contributed by atoms with Gasteiger partial charge in [0.05, 0.1) is 11.9 Å². The highest BCUT2D eigenvalue weighted by molar-refractivity contribution is 5.93. The summed E-state index contributed by atoms with van der Waals surface area (Å²) in [6.07, 6.45) is 1.32. The van der Waals surface area contributed by atoms with Crippen LogP contribution in [-0.2, 0) is 4.79 Å². The van der Waals surface area contributed by atoms with Crippen LogP contribution >= 0.6 is 0 Å². The lowest BCUT2D eigenvalue weighted by Gasteiger charge is -2.12. The first kappa shape index (κ1) is 19.8. The lowest BCUT2D eigenvalue weighted by Crippen LogP contribution is -2.44. The molecule has 2 N–H and O–H groups in total. The average molecular weight is 413 g/mol. The number of aromatic nitrogens is 3. The summed E-state index contributed by atoms with van der Waals surface area (Å²) in [6, 6.07) is 26.3. The zero-order valence-electron chi connectivity index (χ0n) is 16.4. The fraction of sp³-hybridized carbons (Fsp3) is 0.0435. The minimum Gasteiger partial charge on any atom is -0.483 e. The van der Waals surface area contributed by atoms with Gasteiger partial charge in [-0.15, -0.1) is 5.10 Å². The number of rotatable bonds is 6. The number of hydrogen-bond acceptors (Lipinski definition) is 5. The molecule has 0 unspecified atom stereocenters. The number of ether oxygens (including phenoxy) is 1. The van der Waals surface area contributed by atoms with Crippen molar-refractivity contribution < 1.29 is 14.3 Å². The molecule has 8 heteroatoms. The SMILES string of the molecule is O=C(COc1ccccc1-c1ccccc1)NNC(=O)c1cnn(-c2ccccc2)n1. The van der Waals surface area contributed by atoms with Crippen molar-refractivity contribution >= 4 is 11.8 Å². The third-order valence-corrected chi connectivity index (χ3v) is 4.36. The van der Waals surface area contributed by atoms with Crippen LogP contribution in [0.1, 0.15) is 10.5 Å². The molecular formula is C23H19N5O3. The third-order valence-electron chi connectivity index (χ3n) is 4.36. The van der Waals surface area contributed by atoms with Crippen LogP contribution < -0.4 is 15.6 Å². The minimum absolute atomic E-state index is 0.0690. The highest BCUT2D eigenvalue weighted by atomic mass is 16.5. The van der Waals surface area contributed by atoms with Gasteiger partial charge in [0.2, 0.25) is 0 Å². The Morgan fingerprint density at radius 2 is 1.52 bits per heavy atom. The van der Waals surface area contributed by atoms with Crippen LogP contribution in [0, 0.1) is 0 Å². The summed E-state index contributed by atoms with van der Waals surface area (Å²) < 4.78 is 5.66. The Morgan fingerprint density at radius 3 is 2.29 bits per heavy atom. The van der Waals surface area contributed by atoms with E-state index < -0.39 is 11.8 Å². The van der Waals surface area contributed by atoms with Gasteiger partial charge in [0, 0.05) is 5.56 Å². The molecule has 0 bridgehead atoms. The highest BCUT2D eigenvalue weighted by Crippen LogP contribution is 2.29. The number of amides is 2. The molecule has 3 aromatic carbocycles. The number of nitrogens with zero attached hydrogens (tertiary/aromatic N) is 3. The van der Waals surface area contributed by atoms with E-state index in [0.29, 0.717) is 5.75 Å². The second-order valence-electron chi connectivity index (χ2n) is 6.51. The molecule has 0 aliphatic rings. The van der Waals surface area contributed by atoms with E-state index in [9.17, 15) is 9.59 Å². The first-order valence-electron chi connectivity index (χ1n) is 9.55. The Hall–Kier alpha value is -4.46. The minimum atomic E-state index is -0.583. The first-order chi connectivity index (χ1) is 15.2. The molecule has 1 heterocycles. The monoisotopic (exact) mass is 413 g/mol. The average Bonchev–Trinajstić information content (AvgIpc) is 3.33. The van der Waals surface area contributed by atoms with Gasteiger partial charge >= 0.3 is 0 Å². The normalized spacial score (nSPS) is 10.3. The van der Waals surface area contributed by atoms with Crippen molar-refractivity contribution in [3.63, 3.8) is 0 Å². The quantitative estimate of drug-likeness (QED) is 0.474. The second-order valence-corrected chi connectivity index (χ2v) is 6.51. The zero-order chi connectivity index (χ0) is 21.5. The summed E-state index contributed by atoms with van der Waals surface area (Å²) in [4.78, 5) is 25.7. The fourth-order valence-electron chi connectivity index (χ4n) is 2.87.